The van der Waals surface area contributed by atoms with Crippen molar-refractivity contribution >= 4 is 5.97 Å². The van der Waals surface area contributed by atoms with Gasteiger partial charge in [0.05, 0.1) is 12.0 Å². The molecule has 0 aromatic heterocycles. The molecule has 0 radical (unpaired) electrons. The molecule has 1 aliphatic rings. The lowest BCUT2D eigenvalue weighted by Crippen LogP contribution is -2.36. The second kappa shape index (κ2) is 5.12. The first-order valence-corrected chi connectivity index (χ1v) is 5.65. The Morgan fingerprint density at radius 3 is 2.81 bits per heavy atom. The summed E-state index contributed by atoms with van der Waals surface area (Å²) in [5.41, 5.74) is 1.14. The second-order valence-electron chi connectivity index (χ2n) is 4.19. The van der Waals surface area contributed by atoms with E-state index in [0.29, 0.717) is 13.0 Å². The van der Waals surface area contributed by atoms with Gasteiger partial charge in [0, 0.05) is 6.61 Å². The van der Waals surface area contributed by atoms with E-state index < -0.39 is 5.97 Å². The smallest absolute Gasteiger partial charge is 0.309 e. The lowest BCUT2D eigenvalue weighted by molar-refractivity contribution is -0.151. The van der Waals surface area contributed by atoms with Crippen LogP contribution in [0.15, 0.2) is 30.3 Å². The molecule has 2 atom stereocenters. The van der Waals surface area contributed by atoms with Crippen molar-refractivity contribution in [3.63, 3.8) is 0 Å². The normalized spacial score (nSPS) is 25.2. The van der Waals surface area contributed by atoms with E-state index in [1.54, 1.807) is 0 Å². The Kier molecular flexibility index (Phi) is 3.57. The zero-order valence-electron chi connectivity index (χ0n) is 9.13. The molecule has 1 saturated heterocycles. The zero-order valence-corrected chi connectivity index (χ0v) is 9.13. The highest BCUT2D eigenvalue weighted by Crippen LogP contribution is 2.24. The molecule has 3 nitrogen and oxygen atoms in total. The molecule has 16 heavy (non-hydrogen) atoms. The van der Waals surface area contributed by atoms with Crippen molar-refractivity contribution in [2.75, 3.05) is 6.61 Å². The van der Waals surface area contributed by atoms with E-state index in [1.807, 2.05) is 30.3 Å². The van der Waals surface area contributed by atoms with Gasteiger partial charge in [-0.2, -0.15) is 0 Å². The van der Waals surface area contributed by atoms with E-state index in [0.717, 1.165) is 18.4 Å². The topological polar surface area (TPSA) is 46.5 Å². The Hall–Kier alpha value is -1.35. The van der Waals surface area contributed by atoms with Gasteiger partial charge in [0.1, 0.15) is 0 Å². The number of carbonyl (C=O) groups is 1. The molecule has 0 bridgehead atoms. The van der Waals surface area contributed by atoms with E-state index in [-0.39, 0.29) is 12.0 Å². The molecule has 0 aliphatic carbocycles. The molecule has 2 rings (SSSR count). The molecular weight excluding hydrogens is 204 g/mol. The molecule has 0 amide bonds. The summed E-state index contributed by atoms with van der Waals surface area (Å²) in [5.74, 6) is -1.09. The van der Waals surface area contributed by atoms with Crippen LogP contribution in [0.2, 0.25) is 0 Å². The Bertz CT molecular complexity index is 347. The van der Waals surface area contributed by atoms with Gasteiger partial charge in [0.25, 0.3) is 0 Å². The van der Waals surface area contributed by atoms with E-state index >= 15 is 0 Å². The van der Waals surface area contributed by atoms with Gasteiger partial charge in [-0.1, -0.05) is 30.3 Å². The van der Waals surface area contributed by atoms with Gasteiger partial charge >= 0.3 is 5.97 Å². The highest BCUT2D eigenvalue weighted by molar-refractivity contribution is 5.70. The second-order valence-corrected chi connectivity index (χ2v) is 4.19. The van der Waals surface area contributed by atoms with Gasteiger partial charge in [-0.05, 0) is 24.8 Å². The summed E-state index contributed by atoms with van der Waals surface area (Å²) in [6.45, 7) is 0.682. The van der Waals surface area contributed by atoms with Crippen LogP contribution in [-0.2, 0) is 16.0 Å². The fourth-order valence-electron chi connectivity index (χ4n) is 2.17. The first-order chi connectivity index (χ1) is 7.77. The fourth-order valence-corrected chi connectivity index (χ4v) is 2.17. The maximum absolute atomic E-state index is 11.1. The minimum atomic E-state index is -0.736. The molecule has 3 heteroatoms. The summed E-state index contributed by atoms with van der Waals surface area (Å²) < 4.78 is 5.57. The molecule has 1 aliphatic heterocycles. The van der Waals surface area contributed by atoms with Crippen LogP contribution >= 0.6 is 0 Å². The van der Waals surface area contributed by atoms with Crippen LogP contribution in [0.5, 0.6) is 0 Å². The van der Waals surface area contributed by atoms with E-state index in [2.05, 4.69) is 0 Å². The summed E-state index contributed by atoms with van der Waals surface area (Å²) in [5, 5.41) is 9.11. The van der Waals surface area contributed by atoms with Gasteiger partial charge in [0.15, 0.2) is 0 Å². The lowest BCUT2D eigenvalue weighted by atomic mass is 9.90. The summed E-state index contributed by atoms with van der Waals surface area (Å²) in [4.78, 5) is 11.1. The summed E-state index contributed by atoms with van der Waals surface area (Å²) in [6, 6.07) is 9.91. The van der Waals surface area contributed by atoms with Crippen molar-refractivity contribution in [1.82, 2.24) is 0 Å². The predicted octanol–water partition coefficient (Wildman–Crippen LogP) is 2.11. The van der Waals surface area contributed by atoms with Gasteiger partial charge in [0.2, 0.25) is 0 Å². The van der Waals surface area contributed by atoms with Crippen LogP contribution in [0.25, 0.3) is 0 Å². The van der Waals surface area contributed by atoms with Crippen LogP contribution in [-0.4, -0.2) is 23.8 Å². The summed E-state index contributed by atoms with van der Waals surface area (Å²) >= 11 is 0. The first-order valence-electron chi connectivity index (χ1n) is 5.65. The summed E-state index contributed by atoms with van der Waals surface area (Å²) in [6.07, 6.45) is 2.10. The van der Waals surface area contributed by atoms with Gasteiger partial charge in [-0.15, -0.1) is 0 Å². The molecule has 1 aromatic carbocycles. The Morgan fingerprint density at radius 2 is 2.12 bits per heavy atom. The molecule has 1 N–H and O–H groups in total. The van der Waals surface area contributed by atoms with E-state index in [9.17, 15) is 4.79 Å². The Balaban J connectivity index is 2.04. The van der Waals surface area contributed by atoms with Crippen molar-refractivity contribution in [3.05, 3.63) is 35.9 Å². The molecular formula is C13H16O3. The minimum absolute atomic E-state index is 0.173. The minimum Gasteiger partial charge on any atom is -0.481 e. The standard InChI is InChI=1S/C13H16O3/c14-13(15)11-7-4-8-16-12(11)9-10-5-2-1-3-6-10/h1-3,5-6,11-12H,4,7-9H2,(H,14,15). The Morgan fingerprint density at radius 1 is 1.38 bits per heavy atom. The largest absolute Gasteiger partial charge is 0.481 e. The maximum Gasteiger partial charge on any atom is 0.309 e. The average molecular weight is 220 g/mol. The number of carboxylic acids is 1. The van der Waals surface area contributed by atoms with Crippen LogP contribution in [0.1, 0.15) is 18.4 Å². The number of ether oxygens (including phenoxy) is 1. The van der Waals surface area contributed by atoms with Crippen molar-refractivity contribution < 1.29 is 14.6 Å². The molecule has 0 spiro atoms. The molecule has 0 saturated carbocycles. The number of hydrogen-bond donors (Lipinski definition) is 1. The molecule has 86 valence electrons. The van der Waals surface area contributed by atoms with Crippen molar-refractivity contribution in [2.45, 2.75) is 25.4 Å². The Labute approximate surface area is 95.0 Å². The lowest BCUT2D eigenvalue weighted by Gasteiger charge is -2.28. The van der Waals surface area contributed by atoms with Crippen LogP contribution in [0, 0.1) is 5.92 Å². The highest BCUT2D eigenvalue weighted by Gasteiger charge is 2.31. The van der Waals surface area contributed by atoms with Crippen molar-refractivity contribution in [3.8, 4) is 0 Å². The monoisotopic (exact) mass is 220 g/mol. The first kappa shape index (κ1) is 11.1. The predicted molar refractivity (Wildman–Crippen MR) is 60.2 cm³/mol. The molecule has 1 heterocycles. The van der Waals surface area contributed by atoms with E-state index in [4.69, 9.17) is 9.84 Å². The van der Waals surface area contributed by atoms with Crippen molar-refractivity contribution in [1.29, 1.82) is 0 Å². The number of benzene rings is 1. The van der Waals surface area contributed by atoms with E-state index in [1.165, 1.54) is 0 Å². The van der Waals surface area contributed by atoms with Gasteiger partial charge < -0.3 is 9.84 Å². The quantitative estimate of drug-likeness (QED) is 0.848. The van der Waals surface area contributed by atoms with Crippen molar-refractivity contribution in [2.24, 2.45) is 5.92 Å². The molecule has 2 unspecified atom stereocenters. The zero-order chi connectivity index (χ0) is 11.4. The third-order valence-electron chi connectivity index (χ3n) is 3.04. The van der Waals surface area contributed by atoms with Crippen LogP contribution < -0.4 is 0 Å². The number of carboxylic acid groups (broad SMARTS) is 1. The maximum atomic E-state index is 11.1. The highest BCUT2D eigenvalue weighted by atomic mass is 16.5. The van der Waals surface area contributed by atoms with Crippen LogP contribution in [0.3, 0.4) is 0 Å². The fraction of sp³-hybridized carbons (Fsp3) is 0.462. The van der Waals surface area contributed by atoms with Gasteiger partial charge in [-0.3, -0.25) is 4.79 Å². The summed E-state index contributed by atoms with van der Waals surface area (Å²) in [7, 11) is 0. The number of hydrogen-bond acceptors (Lipinski definition) is 2. The average Bonchev–Trinajstić information content (AvgIpc) is 2.31. The third kappa shape index (κ3) is 2.61. The molecule has 1 fully saturated rings. The molecule has 1 aromatic rings. The number of aliphatic carboxylic acids is 1. The SMILES string of the molecule is O=C(O)C1CCCOC1Cc1ccccc1. The third-order valence-corrected chi connectivity index (χ3v) is 3.04. The number of rotatable bonds is 3. The van der Waals surface area contributed by atoms with Gasteiger partial charge in [-0.25, -0.2) is 0 Å². The van der Waals surface area contributed by atoms with Crippen LogP contribution in [0.4, 0.5) is 0 Å².